The van der Waals surface area contributed by atoms with Crippen LogP contribution in [0.1, 0.15) is 37.8 Å². The molecular formula is C22H32FN5O2. The van der Waals surface area contributed by atoms with E-state index in [-0.39, 0.29) is 18.1 Å². The number of amidine groups is 1. The van der Waals surface area contributed by atoms with Crippen LogP contribution in [-0.4, -0.2) is 16.9 Å². The van der Waals surface area contributed by atoms with Crippen LogP contribution in [-0.2, 0) is 11.3 Å². The minimum atomic E-state index is -0.853. The van der Waals surface area contributed by atoms with E-state index in [1.807, 2.05) is 62.7 Å². The summed E-state index contributed by atoms with van der Waals surface area (Å²) in [6.45, 7) is 6.32. The Kier molecular flexibility index (Phi) is 10.5. The zero-order valence-electron chi connectivity index (χ0n) is 17.7. The summed E-state index contributed by atoms with van der Waals surface area (Å²) in [5, 5.41) is 12.4. The average Bonchev–Trinajstić information content (AvgIpc) is 2.68. The molecule has 0 fully saturated rings. The summed E-state index contributed by atoms with van der Waals surface area (Å²) in [6, 6.07) is 12.9. The lowest BCUT2D eigenvalue weighted by atomic mass is 9.94. The highest BCUT2D eigenvalue weighted by Gasteiger charge is 2.20. The van der Waals surface area contributed by atoms with Gasteiger partial charge in [0.1, 0.15) is 11.7 Å². The fourth-order valence-electron chi connectivity index (χ4n) is 2.90. The van der Waals surface area contributed by atoms with E-state index < -0.39 is 11.9 Å². The lowest BCUT2D eigenvalue weighted by Gasteiger charge is -2.13. The highest BCUT2D eigenvalue weighted by Crippen LogP contribution is 2.23. The quantitative estimate of drug-likeness (QED) is 0.193. The number of hydrogen-bond acceptors (Lipinski definition) is 5. The predicted molar refractivity (Wildman–Crippen MR) is 119 cm³/mol. The molecule has 164 valence electrons. The van der Waals surface area contributed by atoms with Gasteiger partial charge in [0.05, 0.1) is 5.92 Å². The van der Waals surface area contributed by atoms with Crippen LogP contribution >= 0.6 is 0 Å². The summed E-state index contributed by atoms with van der Waals surface area (Å²) in [7, 11) is 0. The molecule has 1 unspecified atom stereocenters. The number of carbonyl (C=O) groups is 1. The first-order valence-electron chi connectivity index (χ1n) is 9.73. The number of nitrogens with two attached hydrogens (primary N) is 3. The largest absolute Gasteiger partial charge is 0.481 e. The number of rotatable bonds is 8. The normalized spacial score (nSPS) is 12.2. The molecular weight excluding hydrogens is 385 g/mol. The first kappa shape index (κ1) is 25.1. The maximum absolute atomic E-state index is 13.7. The van der Waals surface area contributed by atoms with Gasteiger partial charge in [-0.2, -0.15) is 5.10 Å². The van der Waals surface area contributed by atoms with E-state index in [0.717, 1.165) is 16.7 Å². The zero-order chi connectivity index (χ0) is 22.7. The van der Waals surface area contributed by atoms with Gasteiger partial charge in [0.2, 0.25) is 0 Å². The van der Waals surface area contributed by atoms with Crippen LogP contribution in [0.3, 0.4) is 0 Å². The summed E-state index contributed by atoms with van der Waals surface area (Å²) >= 11 is 0. The molecule has 0 bridgehead atoms. The highest BCUT2D eigenvalue weighted by atomic mass is 19.1. The molecule has 2 rings (SSSR count). The van der Waals surface area contributed by atoms with Crippen molar-refractivity contribution >= 4 is 11.8 Å². The standard InChI is InChI=1S/C14H14FN.C8H18N4O2/c1-10-2-7-13(14(15)8-10)12-5-3-11(9-16)4-6-12;1-5(2)3-6(8(13)14)4-7(9)11-12-10/h2-8H,9,16H2,1H3;5-6,12H,3-4,10H2,1-2H3,(H2,9,11)(H,13,14). The van der Waals surface area contributed by atoms with Crippen LogP contribution in [0.25, 0.3) is 11.1 Å². The lowest BCUT2D eigenvalue weighted by Crippen LogP contribution is -2.27. The summed E-state index contributed by atoms with van der Waals surface area (Å²) in [4.78, 5) is 10.8. The third-order valence-corrected chi connectivity index (χ3v) is 4.39. The van der Waals surface area contributed by atoms with E-state index in [1.165, 1.54) is 0 Å². The van der Waals surface area contributed by atoms with Gasteiger partial charge >= 0.3 is 5.97 Å². The number of nitrogens with zero attached hydrogens (tertiary/aromatic N) is 1. The van der Waals surface area contributed by atoms with Crippen LogP contribution in [0.5, 0.6) is 0 Å². The van der Waals surface area contributed by atoms with E-state index >= 15 is 0 Å². The molecule has 0 saturated heterocycles. The molecule has 0 spiro atoms. The lowest BCUT2D eigenvalue weighted by molar-refractivity contribution is -0.142. The number of carboxylic acids is 1. The van der Waals surface area contributed by atoms with Crippen LogP contribution in [0, 0.1) is 24.6 Å². The Hall–Kier alpha value is -2.97. The van der Waals surface area contributed by atoms with Crippen LogP contribution in [0.2, 0.25) is 0 Å². The van der Waals surface area contributed by atoms with Crippen molar-refractivity contribution in [2.24, 2.45) is 34.2 Å². The molecule has 0 aromatic heterocycles. The molecule has 0 radical (unpaired) electrons. The number of hydrogen-bond donors (Lipinski definition) is 5. The Morgan fingerprint density at radius 1 is 1.20 bits per heavy atom. The van der Waals surface area contributed by atoms with Crippen molar-refractivity contribution < 1.29 is 14.3 Å². The van der Waals surface area contributed by atoms with Crippen molar-refractivity contribution in [2.75, 3.05) is 0 Å². The number of nitrogens with one attached hydrogen (secondary N) is 1. The number of hydrazone groups is 1. The fourth-order valence-corrected chi connectivity index (χ4v) is 2.90. The van der Waals surface area contributed by atoms with Gasteiger partial charge in [0.15, 0.2) is 0 Å². The minimum absolute atomic E-state index is 0.180. The van der Waals surface area contributed by atoms with E-state index in [9.17, 15) is 9.18 Å². The monoisotopic (exact) mass is 417 g/mol. The fraction of sp³-hybridized carbons (Fsp3) is 0.364. The summed E-state index contributed by atoms with van der Waals surface area (Å²) in [5.41, 5.74) is 16.5. The first-order valence-corrected chi connectivity index (χ1v) is 9.73. The molecule has 0 heterocycles. The number of carboxylic acid groups (broad SMARTS) is 1. The molecule has 0 aliphatic carbocycles. The summed E-state index contributed by atoms with van der Waals surface area (Å²) < 4.78 is 13.7. The molecule has 0 saturated carbocycles. The minimum Gasteiger partial charge on any atom is -0.481 e. The van der Waals surface area contributed by atoms with Gasteiger partial charge in [0, 0.05) is 18.5 Å². The van der Waals surface area contributed by atoms with E-state index in [0.29, 0.717) is 24.4 Å². The third kappa shape index (κ3) is 8.59. The second-order valence-corrected chi connectivity index (χ2v) is 7.49. The summed E-state index contributed by atoms with van der Waals surface area (Å²) in [6.07, 6.45) is 0.799. The molecule has 2 aromatic rings. The Morgan fingerprint density at radius 3 is 2.30 bits per heavy atom. The molecule has 8 heteroatoms. The van der Waals surface area contributed by atoms with Crippen molar-refractivity contribution in [1.82, 2.24) is 5.53 Å². The second-order valence-electron chi connectivity index (χ2n) is 7.49. The van der Waals surface area contributed by atoms with Crippen LogP contribution in [0.4, 0.5) is 4.39 Å². The smallest absolute Gasteiger partial charge is 0.306 e. The van der Waals surface area contributed by atoms with Crippen molar-refractivity contribution in [3.05, 3.63) is 59.4 Å². The second kappa shape index (κ2) is 12.6. The molecule has 30 heavy (non-hydrogen) atoms. The number of hydrazine groups is 1. The number of aliphatic carboxylic acids is 1. The molecule has 0 aliphatic rings. The van der Waals surface area contributed by atoms with E-state index in [4.69, 9.17) is 22.4 Å². The maximum Gasteiger partial charge on any atom is 0.306 e. The Labute approximate surface area is 177 Å². The Bertz CT molecular complexity index is 838. The van der Waals surface area contributed by atoms with Gasteiger partial charge in [-0.3, -0.25) is 4.79 Å². The molecule has 0 aliphatic heterocycles. The Morgan fingerprint density at radius 2 is 1.83 bits per heavy atom. The highest BCUT2D eigenvalue weighted by molar-refractivity contribution is 5.84. The summed E-state index contributed by atoms with van der Waals surface area (Å²) in [5.74, 6) is 3.91. The van der Waals surface area contributed by atoms with Crippen molar-refractivity contribution in [1.29, 1.82) is 0 Å². The first-order chi connectivity index (χ1) is 14.2. The van der Waals surface area contributed by atoms with Crippen LogP contribution in [0.15, 0.2) is 47.6 Å². The van der Waals surface area contributed by atoms with Crippen molar-refractivity contribution in [3.8, 4) is 11.1 Å². The van der Waals surface area contributed by atoms with E-state index in [1.54, 1.807) is 6.07 Å². The molecule has 7 nitrogen and oxygen atoms in total. The van der Waals surface area contributed by atoms with Gasteiger partial charge in [-0.1, -0.05) is 50.2 Å². The molecule has 1 atom stereocenters. The Balaban J connectivity index is 0.000000304. The number of halogens is 1. The van der Waals surface area contributed by atoms with Gasteiger partial charge in [-0.05, 0) is 42.0 Å². The zero-order valence-corrected chi connectivity index (χ0v) is 17.7. The third-order valence-electron chi connectivity index (χ3n) is 4.39. The number of benzene rings is 2. The maximum atomic E-state index is 13.7. The molecule has 2 aromatic carbocycles. The SMILES string of the molecule is CC(C)CC(C/C(N)=N/NN)C(=O)O.Cc1ccc(-c2ccc(CN)cc2)c(F)c1. The van der Waals surface area contributed by atoms with Crippen molar-refractivity contribution in [3.63, 3.8) is 0 Å². The molecule has 8 N–H and O–H groups in total. The number of aryl methyl sites for hydroxylation is 1. The van der Waals surface area contributed by atoms with Gasteiger partial charge in [0.25, 0.3) is 0 Å². The predicted octanol–water partition coefficient (Wildman–Crippen LogP) is 3.12. The van der Waals surface area contributed by atoms with Gasteiger partial charge in [-0.25, -0.2) is 15.8 Å². The van der Waals surface area contributed by atoms with Gasteiger partial charge in [-0.15, -0.1) is 0 Å². The van der Waals surface area contributed by atoms with E-state index in [2.05, 4.69) is 5.10 Å². The van der Waals surface area contributed by atoms with Gasteiger partial charge < -0.3 is 16.6 Å². The topological polar surface area (TPSA) is 140 Å². The van der Waals surface area contributed by atoms with Crippen LogP contribution < -0.4 is 22.8 Å². The van der Waals surface area contributed by atoms with Crippen molar-refractivity contribution in [2.45, 2.75) is 40.2 Å². The average molecular weight is 418 g/mol. The molecule has 0 amide bonds.